The number of hydrogen-bond donors (Lipinski definition) is 3. The first-order valence-electron chi connectivity index (χ1n) is 10.6. The molecule has 30 heavy (non-hydrogen) atoms. The van der Waals surface area contributed by atoms with Gasteiger partial charge in [-0.05, 0) is 38.0 Å². The molecule has 2 heterocycles. The number of nitrogens with zero attached hydrogens (tertiary/aromatic N) is 2. The number of nitrogens with one attached hydrogen (secondary N) is 2. The molecule has 0 aliphatic carbocycles. The number of carbonyl (C=O) groups excluding carboxylic acids is 3. The maximum atomic E-state index is 13.2. The second-order valence-corrected chi connectivity index (χ2v) is 8.20. The Labute approximate surface area is 177 Å². The summed E-state index contributed by atoms with van der Waals surface area (Å²) < 4.78 is 5.16. The van der Waals surface area contributed by atoms with E-state index in [-0.39, 0.29) is 48.9 Å². The molecule has 0 aromatic rings. The number of carboxylic acids is 1. The van der Waals surface area contributed by atoms with E-state index in [1.54, 1.807) is 7.11 Å². The van der Waals surface area contributed by atoms with Gasteiger partial charge in [0.25, 0.3) is 0 Å². The molecule has 0 radical (unpaired) electrons. The molecule has 0 aromatic heterocycles. The average Bonchev–Trinajstić information content (AvgIpc) is 3.16. The van der Waals surface area contributed by atoms with Crippen LogP contribution in [0.2, 0.25) is 0 Å². The highest BCUT2D eigenvalue weighted by Crippen LogP contribution is 2.24. The zero-order chi connectivity index (χ0) is 22.3. The van der Waals surface area contributed by atoms with Crippen LogP contribution in [-0.4, -0.2) is 90.7 Å². The van der Waals surface area contributed by atoms with Gasteiger partial charge in [0, 0.05) is 33.7 Å². The van der Waals surface area contributed by atoms with Crippen molar-refractivity contribution >= 4 is 23.7 Å². The maximum absolute atomic E-state index is 13.2. The fourth-order valence-electron chi connectivity index (χ4n) is 4.36. The molecule has 2 saturated heterocycles. The molecule has 1 unspecified atom stereocenters. The first-order valence-corrected chi connectivity index (χ1v) is 10.6. The molecule has 4 atom stereocenters. The summed E-state index contributed by atoms with van der Waals surface area (Å²) in [5, 5.41) is 14.3. The number of amides is 3. The Morgan fingerprint density at radius 3 is 2.70 bits per heavy atom. The summed E-state index contributed by atoms with van der Waals surface area (Å²) in [7, 11) is 3.08. The quantitative estimate of drug-likeness (QED) is 0.440. The van der Waals surface area contributed by atoms with Gasteiger partial charge in [0.15, 0.2) is 0 Å². The van der Waals surface area contributed by atoms with E-state index >= 15 is 0 Å². The zero-order valence-electron chi connectivity index (χ0n) is 18.1. The lowest BCUT2D eigenvalue weighted by atomic mass is 9.92. The first-order chi connectivity index (χ1) is 14.3. The minimum atomic E-state index is -0.939. The zero-order valence-corrected chi connectivity index (χ0v) is 18.1. The molecule has 10 nitrogen and oxygen atoms in total. The van der Waals surface area contributed by atoms with Crippen LogP contribution in [0.25, 0.3) is 0 Å². The standard InChI is InChI=1S/C20H34N4O6/c1-13-10-14(22-19(28)15-7-5-9-23(15)12-30-3)20(29)24(11-13)16(18(27)21-2)6-4-8-17(25)26/h13-16H,4-12H2,1-3H3,(H,21,27)(H,22,28)(H,25,26)/t13?,14-,15-,16-/m0/s1. The average molecular weight is 427 g/mol. The third-order valence-corrected chi connectivity index (χ3v) is 5.80. The van der Waals surface area contributed by atoms with Crippen LogP contribution < -0.4 is 10.6 Å². The number of methoxy groups -OCH3 is 1. The smallest absolute Gasteiger partial charge is 0.303 e. The van der Waals surface area contributed by atoms with Gasteiger partial charge in [0.1, 0.15) is 12.1 Å². The van der Waals surface area contributed by atoms with E-state index in [9.17, 15) is 19.2 Å². The van der Waals surface area contributed by atoms with Gasteiger partial charge in [-0.25, -0.2) is 0 Å². The number of rotatable bonds is 10. The van der Waals surface area contributed by atoms with Crippen molar-refractivity contribution in [2.75, 3.05) is 34.0 Å². The summed E-state index contributed by atoms with van der Waals surface area (Å²) >= 11 is 0. The monoisotopic (exact) mass is 426 g/mol. The van der Waals surface area contributed by atoms with Gasteiger partial charge >= 0.3 is 5.97 Å². The third-order valence-electron chi connectivity index (χ3n) is 5.80. The summed E-state index contributed by atoms with van der Waals surface area (Å²) in [5.74, 6) is -1.65. The summed E-state index contributed by atoms with van der Waals surface area (Å²) in [6.45, 7) is 3.51. The van der Waals surface area contributed by atoms with Gasteiger partial charge in [0.05, 0.1) is 12.8 Å². The van der Waals surface area contributed by atoms with E-state index in [4.69, 9.17) is 9.84 Å². The Bertz CT molecular complexity index is 643. The van der Waals surface area contributed by atoms with E-state index in [1.165, 1.54) is 11.9 Å². The molecule has 2 fully saturated rings. The molecule has 170 valence electrons. The minimum absolute atomic E-state index is 0.0672. The van der Waals surface area contributed by atoms with Crippen molar-refractivity contribution in [2.24, 2.45) is 5.92 Å². The first kappa shape index (κ1) is 24.1. The Balaban J connectivity index is 2.08. The number of piperidine rings is 1. The molecular formula is C20H34N4O6. The fourth-order valence-corrected chi connectivity index (χ4v) is 4.36. The van der Waals surface area contributed by atoms with Crippen molar-refractivity contribution in [1.82, 2.24) is 20.4 Å². The number of likely N-dealkylation sites (N-methyl/N-ethyl adjacent to an activating group) is 1. The predicted molar refractivity (Wildman–Crippen MR) is 108 cm³/mol. The molecule has 3 N–H and O–H groups in total. The highest BCUT2D eigenvalue weighted by molar-refractivity contribution is 5.93. The number of ether oxygens (including phenoxy) is 1. The molecular weight excluding hydrogens is 392 g/mol. The topological polar surface area (TPSA) is 128 Å². The molecule has 0 bridgehead atoms. The SMILES string of the molecule is CNC(=O)[C@H](CCCC(=O)O)N1CC(C)C[C@H](NC(=O)[C@@H]2CCCN2COC)C1=O. The second-order valence-electron chi connectivity index (χ2n) is 8.20. The molecule has 2 aliphatic heterocycles. The Kier molecular flexibility index (Phi) is 9.04. The van der Waals surface area contributed by atoms with Gasteiger partial charge in [-0.15, -0.1) is 0 Å². The van der Waals surface area contributed by atoms with E-state index in [0.717, 1.165) is 13.0 Å². The Morgan fingerprint density at radius 1 is 1.33 bits per heavy atom. The van der Waals surface area contributed by atoms with Crippen molar-refractivity contribution in [3.8, 4) is 0 Å². The van der Waals surface area contributed by atoms with Crippen molar-refractivity contribution < 1.29 is 29.0 Å². The lowest BCUT2D eigenvalue weighted by molar-refractivity contribution is -0.148. The van der Waals surface area contributed by atoms with Crippen LogP contribution in [-0.2, 0) is 23.9 Å². The van der Waals surface area contributed by atoms with Crippen LogP contribution >= 0.6 is 0 Å². The van der Waals surface area contributed by atoms with Crippen molar-refractivity contribution in [2.45, 2.75) is 63.6 Å². The number of hydrogen-bond acceptors (Lipinski definition) is 6. The lowest BCUT2D eigenvalue weighted by Gasteiger charge is -2.40. The van der Waals surface area contributed by atoms with Gasteiger partial charge in [0.2, 0.25) is 17.7 Å². The van der Waals surface area contributed by atoms with E-state index in [0.29, 0.717) is 26.1 Å². The van der Waals surface area contributed by atoms with Gasteiger partial charge in [-0.3, -0.25) is 24.1 Å². The van der Waals surface area contributed by atoms with E-state index < -0.39 is 18.1 Å². The molecule has 10 heteroatoms. The highest BCUT2D eigenvalue weighted by Gasteiger charge is 2.41. The predicted octanol–water partition coefficient (Wildman–Crippen LogP) is -0.223. The lowest BCUT2D eigenvalue weighted by Crippen LogP contribution is -2.61. The molecule has 0 aromatic carbocycles. The number of likely N-dealkylation sites (tertiary alicyclic amines) is 2. The number of aliphatic carboxylic acids is 1. The van der Waals surface area contributed by atoms with Crippen LogP contribution in [0.4, 0.5) is 0 Å². The Morgan fingerprint density at radius 2 is 2.07 bits per heavy atom. The van der Waals surface area contributed by atoms with Crippen LogP contribution in [0.5, 0.6) is 0 Å². The van der Waals surface area contributed by atoms with Crippen molar-refractivity contribution in [3.05, 3.63) is 0 Å². The van der Waals surface area contributed by atoms with Crippen LogP contribution in [0.1, 0.15) is 45.4 Å². The molecule has 2 aliphatic rings. The van der Waals surface area contributed by atoms with Gasteiger partial charge < -0.3 is 25.4 Å². The molecule has 3 amide bonds. The van der Waals surface area contributed by atoms with Crippen LogP contribution in [0, 0.1) is 5.92 Å². The van der Waals surface area contributed by atoms with Crippen molar-refractivity contribution in [1.29, 1.82) is 0 Å². The Hall–Kier alpha value is -2.20. The number of carboxylic acid groups (broad SMARTS) is 1. The fraction of sp³-hybridized carbons (Fsp3) is 0.800. The normalized spacial score (nSPS) is 25.8. The highest BCUT2D eigenvalue weighted by atomic mass is 16.5. The van der Waals surface area contributed by atoms with Crippen molar-refractivity contribution in [3.63, 3.8) is 0 Å². The van der Waals surface area contributed by atoms with E-state index in [2.05, 4.69) is 10.6 Å². The summed E-state index contributed by atoms with van der Waals surface area (Å²) in [4.78, 5) is 52.7. The number of carbonyl (C=O) groups is 4. The largest absolute Gasteiger partial charge is 0.481 e. The maximum Gasteiger partial charge on any atom is 0.303 e. The summed E-state index contributed by atoms with van der Waals surface area (Å²) in [6.07, 6.45) is 2.60. The minimum Gasteiger partial charge on any atom is -0.481 e. The second kappa shape index (κ2) is 11.3. The third kappa shape index (κ3) is 6.15. The molecule has 2 rings (SSSR count). The molecule has 0 saturated carbocycles. The van der Waals surface area contributed by atoms with E-state index in [1.807, 2.05) is 11.8 Å². The van der Waals surface area contributed by atoms with Crippen LogP contribution in [0.3, 0.4) is 0 Å². The summed E-state index contributed by atoms with van der Waals surface area (Å²) in [6, 6.07) is -1.77. The van der Waals surface area contributed by atoms with Gasteiger partial charge in [-0.2, -0.15) is 0 Å². The molecule has 0 spiro atoms. The van der Waals surface area contributed by atoms with Crippen LogP contribution in [0.15, 0.2) is 0 Å². The van der Waals surface area contributed by atoms with Gasteiger partial charge in [-0.1, -0.05) is 6.92 Å². The summed E-state index contributed by atoms with van der Waals surface area (Å²) in [5.41, 5.74) is 0.